The zero-order valence-corrected chi connectivity index (χ0v) is 22.1. The number of carbonyl (C=O) groups is 2. The highest BCUT2D eigenvalue weighted by atomic mass is 35.5. The summed E-state index contributed by atoms with van der Waals surface area (Å²) in [7, 11) is 0. The maximum Gasteiger partial charge on any atom is 0.262 e. The molecule has 190 valence electrons. The Morgan fingerprint density at radius 2 is 1.46 bits per heavy atom. The smallest absolute Gasteiger partial charge is 0.262 e. The van der Waals surface area contributed by atoms with Crippen molar-refractivity contribution in [3.8, 4) is 0 Å². The van der Waals surface area contributed by atoms with Crippen LogP contribution in [0.25, 0.3) is 0 Å². The summed E-state index contributed by atoms with van der Waals surface area (Å²) in [6, 6.07) is 23.2. The van der Waals surface area contributed by atoms with E-state index >= 15 is 0 Å². The molecule has 0 bridgehead atoms. The lowest BCUT2D eigenvalue weighted by molar-refractivity contribution is -0.131. The Balaban J connectivity index is 1.25. The van der Waals surface area contributed by atoms with Crippen molar-refractivity contribution in [3.63, 3.8) is 0 Å². The highest BCUT2D eigenvalue weighted by molar-refractivity contribution is 6.34. The second-order valence-corrected chi connectivity index (χ2v) is 11.1. The highest BCUT2D eigenvalue weighted by Gasteiger charge is 2.55. The molecule has 37 heavy (non-hydrogen) atoms. The van der Waals surface area contributed by atoms with E-state index in [0.717, 1.165) is 53.6 Å². The normalized spacial score (nSPS) is 21.4. The minimum absolute atomic E-state index is 0.0892. The van der Waals surface area contributed by atoms with Crippen molar-refractivity contribution in [1.29, 1.82) is 0 Å². The molecule has 1 atom stereocenters. The number of likely N-dealkylation sites (tertiary alicyclic amines) is 1. The van der Waals surface area contributed by atoms with Gasteiger partial charge in [0.2, 0.25) is 0 Å². The summed E-state index contributed by atoms with van der Waals surface area (Å²) in [5.74, 6) is -0.324. The van der Waals surface area contributed by atoms with Gasteiger partial charge in [-0.05, 0) is 79.6 Å². The molecule has 3 aromatic rings. The quantitative estimate of drug-likeness (QED) is 0.397. The number of imide groups is 1. The second kappa shape index (κ2) is 9.79. The number of anilines is 1. The van der Waals surface area contributed by atoms with Crippen molar-refractivity contribution in [3.05, 3.63) is 99.5 Å². The summed E-state index contributed by atoms with van der Waals surface area (Å²) in [4.78, 5) is 33.5. The van der Waals surface area contributed by atoms with Crippen LogP contribution in [0, 0.1) is 0 Å². The molecule has 0 saturated carbocycles. The first kappa shape index (κ1) is 24.5. The summed E-state index contributed by atoms with van der Waals surface area (Å²) >= 11 is 13.0. The molecular formula is C30H29Cl2N3O2. The van der Waals surface area contributed by atoms with Gasteiger partial charge in [-0.2, -0.15) is 0 Å². The van der Waals surface area contributed by atoms with E-state index in [1.54, 1.807) is 12.1 Å². The molecule has 2 amide bonds. The van der Waals surface area contributed by atoms with E-state index in [1.807, 2.05) is 60.7 Å². The molecule has 2 aliphatic heterocycles. The Labute approximate surface area is 227 Å². The number of halogens is 2. The first-order chi connectivity index (χ1) is 18.0. The van der Waals surface area contributed by atoms with Gasteiger partial charge in [0.15, 0.2) is 0 Å². The Morgan fingerprint density at radius 3 is 2.14 bits per heavy atom. The number of piperidine rings is 1. The molecule has 6 rings (SSSR count). The van der Waals surface area contributed by atoms with E-state index < -0.39 is 5.54 Å². The summed E-state index contributed by atoms with van der Waals surface area (Å²) in [5.41, 5.74) is 3.12. The number of hydrogen-bond acceptors (Lipinski definition) is 4. The van der Waals surface area contributed by atoms with Crippen molar-refractivity contribution in [2.75, 3.05) is 24.7 Å². The van der Waals surface area contributed by atoms with Crippen LogP contribution in [-0.2, 0) is 17.6 Å². The first-order valence-corrected chi connectivity index (χ1v) is 13.7. The molecular weight excluding hydrogens is 505 g/mol. The number of rotatable bonds is 3. The Kier molecular flexibility index (Phi) is 6.47. The SMILES string of the molecule is O=C(c1ccccc1)N1CN(c2ccccc2)C2(CCN(C3CCc4c(Cl)ccc(Cl)c4C3)CC2)C1=O. The van der Waals surface area contributed by atoms with E-state index in [9.17, 15) is 9.59 Å². The van der Waals surface area contributed by atoms with Gasteiger partial charge in [0, 0.05) is 40.4 Å². The van der Waals surface area contributed by atoms with E-state index in [4.69, 9.17) is 23.2 Å². The van der Waals surface area contributed by atoms with E-state index in [-0.39, 0.29) is 18.5 Å². The zero-order chi connectivity index (χ0) is 25.6. The van der Waals surface area contributed by atoms with Gasteiger partial charge in [-0.1, -0.05) is 59.6 Å². The monoisotopic (exact) mass is 533 g/mol. The summed E-state index contributed by atoms with van der Waals surface area (Å²) in [6.07, 6.45) is 4.15. The molecule has 2 saturated heterocycles. The summed E-state index contributed by atoms with van der Waals surface area (Å²) in [5, 5.41) is 1.59. The average Bonchev–Trinajstić information content (AvgIpc) is 3.23. The molecule has 2 fully saturated rings. The van der Waals surface area contributed by atoms with Crippen molar-refractivity contribution in [2.45, 2.75) is 43.7 Å². The standard InChI is InChI=1S/C30H29Cl2N3O2/c31-26-13-14-27(32)25-19-23(11-12-24(25)26)33-17-15-30(16-18-33)29(37)34(28(36)21-7-3-1-4-8-21)20-35(30)22-9-5-2-6-10-22/h1-10,13-14,23H,11-12,15-20H2. The van der Waals surface area contributed by atoms with E-state index in [0.29, 0.717) is 24.4 Å². The van der Waals surface area contributed by atoms with Crippen LogP contribution in [0.2, 0.25) is 10.0 Å². The van der Waals surface area contributed by atoms with Gasteiger partial charge in [-0.15, -0.1) is 0 Å². The van der Waals surface area contributed by atoms with Crippen LogP contribution < -0.4 is 4.90 Å². The lowest BCUT2D eigenvalue weighted by Crippen LogP contribution is -2.58. The van der Waals surface area contributed by atoms with Crippen LogP contribution in [0.3, 0.4) is 0 Å². The third-order valence-electron chi connectivity index (χ3n) is 8.40. The van der Waals surface area contributed by atoms with Crippen LogP contribution >= 0.6 is 23.2 Å². The molecule has 7 heteroatoms. The maximum atomic E-state index is 14.0. The van der Waals surface area contributed by atoms with Crippen LogP contribution in [0.15, 0.2) is 72.8 Å². The van der Waals surface area contributed by atoms with Gasteiger partial charge < -0.3 is 4.90 Å². The predicted molar refractivity (Wildman–Crippen MR) is 147 cm³/mol. The molecule has 5 nitrogen and oxygen atoms in total. The molecule has 1 unspecified atom stereocenters. The fraction of sp³-hybridized carbons (Fsp3) is 0.333. The van der Waals surface area contributed by atoms with Crippen LogP contribution in [-0.4, -0.2) is 53.0 Å². The number of hydrogen-bond donors (Lipinski definition) is 0. The van der Waals surface area contributed by atoms with Crippen molar-refractivity contribution < 1.29 is 9.59 Å². The minimum Gasteiger partial charge on any atom is -0.338 e. The molecule has 1 spiro atoms. The zero-order valence-electron chi connectivity index (χ0n) is 20.6. The maximum absolute atomic E-state index is 14.0. The fourth-order valence-electron chi connectivity index (χ4n) is 6.37. The largest absolute Gasteiger partial charge is 0.338 e. The Hall–Kier alpha value is -2.86. The number of benzene rings is 3. The molecule has 2 heterocycles. The van der Waals surface area contributed by atoms with E-state index in [2.05, 4.69) is 9.80 Å². The third-order valence-corrected chi connectivity index (χ3v) is 9.11. The number of nitrogens with zero attached hydrogens (tertiary/aromatic N) is 3. The molecule has 1 aliphatic carbocycles. The second-order valence-electron chi connectivity index (χ2n) is 10.3. The fourth-order valence-corrected chi connectivity index (χ4v) is 6.89. The average molecular weight is 534 g/mol. The van der Waals surface area contributed by atoms with Gasteiger partial charge in [-0.3, -0.25) is 19.4 Å². The lowest BCUT2D eigenvalue weighted by Gasteiger charge is -2.46. The van der Waals surface area contributed by atoms with Crippen molar-refractivity contribution in [2.24, 2.45) is 0 Å². The first-order valence-electron chi connectivity index (χ1n) is 12.9. The van der Waals surface area contributed by atoms with Crippen molar-refractivity contribution >= 4 is 40.7 Å². The Bertz CT molecular complexity index is 1320. The molecule has 3 aliphatic rings. The minimum atomic E-state index is -0.726. The topological polar surface area (TPSA) is 43.9 Å². The third kappa shape index (κ3) is 4.23. The van der Waals surface area contributed by atoms with E-state index in [1.165, 1.54) is 10.5 Å². The summed E-state index contributed by atoms with van der Waals surface area (Å²) < 4.78 is 0. The molecule has 0 N–H and O–H groups in total. The van der Waals surface area contributed by atoms with Crippen LogP contribution in [0.5, 0.6) is 0 Å². The predicted octanol–water partition coefficient (Wildman–Crippen LogP) is 5.83. The van der Waals surface area contributed by atoms with Gasteiger partial charge in [0.1, 0.15) is 12.2 Å². The number of carbonyl (C=O) groups excluding carboxylic acids is 2. The van der Waals surface area contributed by atoms with Crippen molar-refractivity contribution in [1.82, 2.24) is 9.80 Å². The molecule has 3 aromatic carbocycles. The number of amides is 2. The van der Waals surface area contributed by atoms with Gasteiger partial charge >= 0.3 is 0 Å². The van der Waals surface area contributed by atoms with Gasteiger partial charge in [0.05, 0.1) is 0 Å². The van der Waals surface area contributed by atoms with Crippen LogP contribution in [0.4, 0.5) is 5.69 Å². The lowest BCUT2D eigenvalue weighted by atomic mass is 9.82. The molecule has 0 radical (unpaired) electrons. The number of para-hydroxylation sites is 1. The highest BCUT2D eigenvalue weighted by Crippen LogP contribution is 2.42. The van der Waals surface area contributed by atoms with Gasteiger partial charge in [-0.25, -0.2) is 0 Å². The number of fused-ring (bicyclic) bond motifs is 1. The summed E-state index contributed by atoms with van der Waals surface area (Å²) in [6.45, 7) is 1.85. The van der Waals surface area contributed by atoms with Gasteiger partial charge in [0.25, 0.3) is 11.8 Å². The Morgan fingerprint density at radius 1 is 0.838 bits per heavy atom. The van der Waals surface area contributed by atoms with Crippen LogP contribution in [0.1, 0.15) is 40.7 Å². The molecule has 0 aromatic heterocycles.